The van der Waals surface area contributed by atoms with E-state index in [-0.39, 0.29) is 6.03 Å². The first-order valence-corrected chi connectivity index (χ1v) is 6.76. The van der Waals surface area contributed by atoms with Crippen LogP contribution in [0.2, 0.25) is 0 Å². The van der Waals surface area contributed by atoms with Gasteiger partial charge in [0, 0.05) is 17.9 Å². The van der Waals surface area contributed by atoms with Gasteiger partial charge in [0.05, 0.1) is 6.54 Å². The smallest absolute Gasteiger partial charge is 0.307 e. The molecule has 106 valence electrons. The third-order valence-corrected chi connectivity index (χ3v) is 3.35. The van der Waals surface area contributed by atoms with Gasteiger partial charge < -0.3 is 5.32 Å². The van der Waals surface area contributed by atoms with Crippen LogP contribution in [0, 0.1) is 0 Å². The molecule has 5 heteroatoms. The quantitative estimate of drug-likeness (QED) is 0.919. The lowest BCUT2D eigenvalue weighted by Gasteiger charge is -2.17. The van der Waals surface area contributed by atoms with Gasteiger partial charge in [0.15, 0.2) is 0 Å². The van der Waals surface area contributed by atoms with Crippen molar-refractivity contribution < 1.29 is 9.59 Å². The van der Waals surface area contributed by atoms with Crippen LogP contribution >= 0.6 is 0 Å². The Morgan fingerprint density at radius 1 is 0.905 bits per heavy atom. The highest BCUT2D eigenvalue weighted by Crippen LogP contribution is 2.20. The summed E-state index contributed by atoms with van der Waals surface area (Å²) in [6, 6.07) is 17.8. The number of hydrogen-bond acceptors (Lipinski definition) is 2. The summed E-state index contributed by atoms with van der Waals surface area (Å²) in [4.78, 5) is 27.3. The van der Waals surface area contributed by atoms with Gasteiger partial charge in [0.25, 0.3) is 0 Å². The zero-order chi connectivity index (χ0) is 14.7. The normalized spacial score (nSPS) is 14.4. The maximum Gasteiger partial charge on any atom is 0.332 e. The van der Waals surface area contributed by atoms with Gasteiger partial charge in [-0.1, -0.05) is 36.4 Å². The minimum Gasteiger partial charge on any atom is -0.307 e. The monoisotopic (exact) mass is 281 g/mol. The van der Waals surface area contributed by atoms with Gasteiger partial charge >= 0.3 is 12.1 Å². The molecule has 1 aliphatic rings. The molecule has 1 aliphatic heterocycles. The molecule has 0 radical (unpaired) electrons. The van der Waals surface area contributed by atoms with Gasteiger partial charge in [-0.25, -0.2) is 14.5 Å². The van der Waals surface area contributed by atoms with Crippen LogP contribution < -0.4 is 10.2 Å². The molecule has 1 fully saturated rings. The molecular weight excluding hydrogens is 266 g/mol. The molecule has 0 bridgehead atoms. The fraction of sp³-hybridized carbons (Fsp3) is 0.125. The minimum absolute atomic E-state index is 0.297. The number of hydrogen-bond donors (Lipinski definition) is 1. The molecule has 0 atom stereocenters. The average molecular weight is 281 g/mol. The summed E-state index contributed by atoms with van der Waals surface area (Å²) >= 11 is 0. The van der Waals surface area contributed by atoms with E-state index in [0.29, 0.717) is 18.8 Å². The van der Waals surface area contributed by atoms with Gasteiger partial charge in [-0.15, -0.1) is 0 Å². The maximum atomic E-state index is 12.3. The van der Waals surface area contributed by atoms with E-state index in [1.54, 1.807) is 17.0 Å². The van der Waals surface area contributed by atoms with Crippen LogP contribution in [0.15, 0.2) is 60.7 Å². The topological polar surface area (TPSA) is 52.7 Å². The van der Waals surface area contributed by atoms with Crippen molar-refractivity contribution in [1.82, 2.24) is 4.90 Å². The fourth-order valence-corrected chi connectivity index (χ4v) is 2.29. The van der Waals surface area contributed by atoms with Crippen molar-refractivity contribution in [2.24, 2.45) is 0 Å². The zero-order valence-electron chi connectivity index (χ0n) is 11.4. The molecule has 1 saturated heterocycles. The molecule has 3 rings (SSSR count). The summed E-state index contributed by atoms with van der Waals surface area (Å²) in [6.07, 6.45) is 0. The number of anilines is 2. The Hall–Kier alpha value is -2.82. The molecule has 1 heterocycles. The Morgan fingerprint density at radius 3 is 2.19 bits per heavy atom. The molecule has 0 unspecified atom stereocenters. The molecule has 2 aromatic carbocycles. The van der Waals surface area contributed by atoms with Gasteiger partial charge in [-0.2, -0.15) is 0 Å². The number of nitrogens with one attached hydrogen (secondary N) is 1. The molecule has 0 aromatic heterocycles. The second-order valence-corrected chi connectivity index (χ2v) is 4.72. The molecule has 5 nitrogen and oxygen atoms in total. The molecule has 1 N–H and O–H groups in total. The molecule has 2 aromatic rings. The van der Waals surface area contributed by atoms with E-state index in [9.17, 15) is 9.59 Å². The van der Waals surface area contributed by atoms with Crippen LogP contribution in [-0.2, 0) is 0 Å². The first kappa shape index (κ1) is 13.2. The van der Waals surface area contributed by atoms with Gasteiger partial charge in [-0.05, 0) is 24.3 Å². The van der Waals surface area contributed by atoms with Crippen molar-refractivity contribution >= 4 is 23.4 Å². The number of rotatable bonds is 2. The summed E-state index contributed by atoms with van der Waals surface area (Å²) in [5, 5.41) is 2.73. The lowest BCUT2D eigenvalue weighted by atomic mass is 10.3. The number of para-hydroxylation sites is 2. The second-order valence-electron chi connectivity index (χ2n) is 4.72. The van der Waals surface area contributed by atoms with Crippen molar-refractivity contribution in [3.05, 3.63) is 60.7 Å². The van der Waals surface area contributed by atoms with Crippen LogP contribution in [0.25, 0.3) is 0 Å². The number of nitrogens with zero attached hydrogens (tertiary/aromatic N) is 2. The third-order valence-electron chi connectivity index (χ3n) is 3.35. The minimum atomic E-state index is -0.398. The van der Waals surface area contributed by atoms with E-state index in [1.807, 2.05) is 48.5 Å². The lowest BCUT2D eigenvalue weighted by molar-refractivity contribution is 0.209. The van der Waals surface area contributed by atoms with Crippen LogP contribution in [0.5, 0.6) is 0 Å². The number of urea groups is 2. The summed E-state index contributed by atoms with van der Waals surface area (Å²) in [5.74, 6) is 0. The van der Waals surface area contributed by atoms with E-state index in [0.717, 1.165) is 5.69 Å². The van der Waals surface area contributed by atoms with E-state index < -0.39 is 6.03 Å². The Bertz CT molecular complexity index is 643. The van der Waals surface area contributed by atoms with Gasteiger partial charge in [0.1, 0.15) is 0 Å². The van der Waals surface area contributed by atoms with Crippen LogP contribution in [0.4, 0.5) is 21.0 Å². The predicted octanol–water partition coefficient (Wildman–Crippen LogP) is 3.16. The molecule has 0 aliphatic carbocycles. The third kappa shape index (κ3) is 2.72. The summed E-state index contributed by atoms with van der Waals surface area (Å²) in [5.41, 5.74) is 1.48. The zero-order valence-corrected chi connectivity index (χ0v) is 11.4. The standard InChI is InChI=1S/C16H15N3O2/c20-15(17-13-7-3-1-4-8-13)19-12-11-18(16(19)21)14-9-5-2-6-10-14/h1-10H,11-12H2,(H,17,20). The Kier molecular flexibility index (Phi) is 3.55. The van der Waals surface area contributed by atoms with Crippen molar-refractivity contribution in [2.75, 3.05) is 23.3 Å². The summed E-state index contributed by atoms with van der Waals surface area (Å²) < 4.78 is 0. The SMILES string of the molecule is O=C(Nc1ccccc1)N1CCN(c2ccccc2)C1=O. The van der Waals surface area contributed by atoms with Crippen molar-refractivity contribution in [3.63, 3.8) is 0 Å². The first-order chi connectivity index (χ1) is 10.3. The largest absolute Gasteiger partial charge is 0.332 e. The molecule has 21 heavy (non-hydrogen) atoms. The van der Waals surface area contributed by atoms with Crippen molar-refractivity contribution in [3.8, 4) is 0 Å². The van der Waals surface area contributed by atoms with E-state index >= 15 is 0 Å². The summed E-state index contributed by atoms with van der Waals surface area (Å²) in [7, 11) is 0. The van der Waals surface area contributed by atoms with Gasteiger partial charge in [-0.3, -0.25) is 4.90 Å². The maximum absolute atomic E-state index is 12.3. The number of imide groups is 1. The van der Waals surface area contributed by atoms with Crippen LogP contribution in [0.1, 0.15) is 0 Å². The molecular formula is C16H15N3O2. The lowest BCUT2D eigenvalue weighted by Crippen LogP contribution is -2.39. The number of benzene rings is 2. The average Bonchev–Trinajstić information content (AvgIpc) is 2.91. The van der Waals surface area contributed by atoms with Gasteiger partial charge in [0.2, 0.25) is 0 Å². The second kappa shape index (κ2) is 5.66. The van der Waals surface area contributed by atoms with Crippen LogP contribution in [-0.4, -0.2) is 30.1 Å². The molecule has 0 saturated carbocycles. The first-order valence-electron chi connectivity index (χ1n) is 6.76. The van der Waals surface area contributed by atoms with Crippen LogP contribution in [0.3, 0.4) is 0 Å². The molecule has 4 amide bonds. The molecule has 0 spiro atoms. The Balaban J connectivity index is 1.70. The fourth-order valence-electron chi connectivity index (χ4n) is 2.29. The number of carbonyl (C=O) groups is 2. The summed E-state index contributed by atoms with van der Waals surface area (Å²) in [6.45, 7) is 0.886. The highest BCUT2D eigenvalue weighted by molar-refractivity contribution is 6.07. The van der Waals surface area contributed by atoms with Crippen molar-refractivity contribution in [1.29, 1.82) is 0 Å². The number of carbonyl (C=O) groups excluding carboxylic acids is 2. The van der Waals surface area contributed by atoms with E-state index in [1.165, 1.54) is 4.90 Å². The highest BCUT2D eigenvalue weighted by atomic mass is 16.2. The number of amides is 4. The van der Waals surface area contributed by atoms with Crippen molar-refractivity contribution in [2.45, 2.75) is 0 Å². The Morgan fingerprint density at radius 2 is 1.52 bits per heavy atom. The van der Waals surface area contributed by atoms with E-state index in [4.69, 9.17) is 0 Å². The Labute approximate surface area is 122 Å². The predicted molar refractivity (Wildman–Crippen MR) is 81.4 cm³/mol. The highest BCUT2D eigenvalue weighted by Gasteiger charge is 2.33. The van der Waals surface area contributed by atoms with E-state index in [2.05, 4.69) is 5.32 Å².